The van der Waals surface area contributed by atoms with E-state index in [9.17, 15) is 4.79 Å². The van der Waals surface area contributed by atoms with E-state index in [1.165, 1.54) is 149 Å². The zero-order valence-corrected chi connectivity index (χ0v) is 29.9. The normalized spacial score (nSPS) is 24.5. The van der Waals surface area contributed by atoms with E-state index in [1.54, 1.807) is 0 Å². The van der Waals surface area contributed by atoms with Crippen molar-refractivity contribution in [3.63, 3.8) is 0 Å². The maximum absolute atomic E-state index is 10.5. The number of piperazine rings is 2. The van der Waals surface area contributed by atoms with Gasteiger partial charge in [0.05, 0.1) is 6.54 Å². The topological polar surface area (TPSA) is 51.8 Å². The van der Waals surface area contributed by atoms with Crippen LogP contribution in [-0.2, 0) is 4.79 Å². The number of hydrogen-bond acceptors (Lipinski definition) is 8. The van der Waals surface area contributed by atoms with Gasteiger partial charge >= 0.3 is 0 Å². The Morgan fingerprint density at radius 3 is 0.773 bits per heavy atom. The van der Waals surface area contributed by atoms with Gasteiger partial charge in [0.1, 0.15) is 0 Å². The third kappa shape index (κ3) is 26.4. The molecular formula is C35H78N8O. The molecule has 9 nitrogen and oxygen atoms in total. The monoisotopic (exact) mass is 627 g/mol. The second-order valence-corrected chi connectivity index (χ2v) is 13.8. The summed E-state index contributed by atoms with van der Waals surface area (Å²) < 4.78 is 0. The first kappa shape index (κ1) is 43.2. The van der Waals surface area contributed by atoms with Gasteiger partial charge in [0.2, 0.25) is 5.91 Å². The molecule has 6 fully saturated rings. The summed E-state index contributed by atoms with van der Waals surface area (Å²) in [6.07, 6.45) is 15.7. The van der Waals surface area contributed by atoms with Crippen LogP contribution in [0.3, 0.4) is 0 Å². The highest BCUT2D eigenvalue weighted by molar-refractivity contribution is 5.78. The highest BCUT2D eigenvalue weighted by Crippen LogP contribution is 2.06. The van der Waals surface area contributed by atoms with Gasteiger partial charge in [-0.3, -0.25) is 9.69 Å². The SMILES string of the molecule is C.CN1CCCC1.CN1CCCCC1.CN1CCCCC1.CN1CCCCC1.CN1CCN(C)CC1.CN1CCNC(=O)C1. The van der Waals surface area contributed by atoms with E-state index in [0.29, 0.717) is 6.54 Å². The van der Waals surface area contributed by atoms with E-state index in [1.807, 2.05) is 11.9 Å². The molecule has 0 radical (unpaired) electrons. The molecule has 44 heavy (non-hydrogen) atoms. The van der Waals surface area contributed by atoms with Crippen LogP contribution in [0.2, 0.25) is 0 Å². The van der Waals surface area contributed by atoms with Crippen LogP contribution >= 0.6 is 0 Å². The number of carbonyl (C=O) groups excluding carboxylic acids is 1. The molecule has 0 saturated carbocycles. The Balaban J connectivity index is 0.000000503. The Morgan fingerprint density at radius 1 is 0.364 bits per heavy atom. The first-order valence-electron chi connectivity index (χ1n) is 17.7. The quantitative estimate of drug-likeness (QED) is 0.438. The van der Waals surface area contributed by atoms with Crippen LogP contribution in [0, 0.1) is 0 Å². The van der Waals surface area contributed by atoms with Gasteiger partial charge in [-0.25, -0.2) is 0 Å². The van der Waals surface area contributed by atoms with Crippen molar-refractivity contribution in [1.29, 1.82) is 0 Å². The van der Waals surface area contributed by atoms with Crippen LogP contribution in [0.25, 0.3) is 0 Å². The first-order valence-corrected chi connectivity index (χ1v) is 17.7. The van der Waals surface area contributed by atoms with E-state index >= 15 is 0 Å². The molecule has 0 unspecified atom stereocenters. The summed E-state index contributed by atoms with van der Waals surface area (Å²) in [7, 11) is 15.0. The molecule has 6 rings (SSSR count). The summed E-state index contributed by atoms with van der Waals surface area (Å²) in [6.45, 7) is 17.8. The molecule has 0 aromatic carbocycles. The molecule has 0 aromatic rings. The average molecular weight is 627 g/mol. The van der Waals surface area contributed by atoms with Crippen molar-refractivity contribution < 1.29 is 4.79 Å². The molecule has 1 N–H and O–H groups in total. The predicted octanol–water partition coefficient (Wildman–Crippen LogP) is 3.57. The minimum absolute atomic E-state index is 0. The van der Waals surface area contributed by atoms with Gasteiger partial charge in [-0.1, -0.05) is 26.7 Å². The molecule has 0 spiro atoms. The average Bonchev–Trinajstić information content (AvgIpc) is 3.48. The lowest BCUT2D eigenvalue weighted by molar-refractivity contribution is -0.123. The third-order valence-corrected chi connectivity index (χ3v) is 9.02. The van der Waals surface area contributed by atoms with Gasteiger partial charge in [0, 0.05) is 39.3 Å². The first-order chi connectivity index (χ1) is 20.7. The fraction of sp³-hybridized carbons (Fsp3) is 0.971. The number of nitrogens with one attached hydrogen (secondary N) is 1. The van der Waals surface area contributed by atoms with Crippen LogP contribution in [0.15, 0.2) is 0 Å². The van der Waals surface area contributed by atoms with E-state index in [0.717, 1.165) is 13.1 Å². The molecule has 6 heterocycles. The van der Waals surface area contributed by atoms with Gasteiger partial charge in [-0.05, 0) is 153 Å². The predicted molar refractivity (Wildman–Crippen MR) is 193 cm³/mol. The zero-order valence-electron chi connectivity index (χ0n) is 29.9. The van der Waals surface area contributed by atoms with Gasteiger partial charge in [-0.15, -0.1) is 0 Å². The van der Waals surface area contributed by atoms with Crippen LogP contribution in [0.4, 0.5) is 0 Å². The maximum atomic E-state index is 10.5. The van der Waals surface area contributed by atoms with Crippen LogP contribution < -0.4 is 5.32 Å². The number of hydrogen-bond donors (Lipinski definition) is 1. The van der Waals surface area contributed by atoms with E-state index < -0.39 is 0 Å². The minimum atomic E-state index is 0. The van der Waals surface area contributed by atoms with Crippen LogP contribution in [-0.4, -0.2) is 188 Å². The lowest BCUT2D eigenvalue weighted by Gasteiger charge is -2.28. The lowest BCUT2D eigenvalue weighted by atomic mass is 10.1. The number of amides is 1. The second-order valence-electron chi connectivity index (χ2n) is 13.8. The van der Waals surface area contributed by atoms with Crippen LogP contribution in [0.1, 0.15) is 78.1 Å². The summed E-state index contributed by atoms with van der Waals surface area (Å²) in [5.74, 6) is 0.138. The second kappa shape index (κ2) is 28.4. The molecule has 0 atom stereocenters. The highest BCUT2D eigenvalue weighted by Gasteiger charge is 2.10. The standard InChI is InChI=1S/C6H14N2.3C6H13N.C5H10N2O.C5H11N.CH4/c1-7-3-5-8(2)6-4-7;3*1-7-5-3-2-4-6-7;1-7-3-2-6-5(8)4-7;1-6-4-2-3-5-6;/h3-6H2,1-2H3;3*2-6H2,1H3;2-4H2,1H3,(H,6,8);2-5H2,1H3;1H4. The third-order valence-electron chi connectivity index (χ3n) is 9.02. The van der Waals surface area contributed by atoms with E-state index in [-0.39, 0.29) is 13.3 Å². The largest absolute Gasteiger partial charge is 0.354 e. The molecular weight excluding hydrogens is 548 g/mol. The fourth-order valence-corrected chi connectivity index (χ4v) is 5.70. The Hall–Kier alpha value is -0.810. The van der Waals surface area contributed by atoms with Gasteiger partial charge in [0.15, 0.2) is 0 Å². The van der Waals surface area contributed by atoms with Gasteiger partial charge in [0.25, 0.3) is 0 Å². The molecule has 6 aliphatic heterocycles. The Kier molecular flexibility index (Phi) is 27.9. The van der Waals surface area contributed by atoms with Crippen molar-refractivity contribution in [2.24, 2.45) is 0 Å². The molecule has 1 amide bonds. The summed E-state index contributed by atoms with van der Waals surface area (Å²) in [6, 6.07) is 0. The van der Waals surface area contributed by atoms with Crippen molar-refractivity contribution in [1.82, 2.24) is 39.6 Å². The lowest BCUT2D eigenvalue weighted by Crippen LogP contribution is -2.45. The molecule has 6 aliphatic rings. The Labute approximate surface area is 275 Å². The fourth-order valence-electron chi connectivity index (χ4n) is 5.70. The summed E-state index contributed by atoms with van der Waals surface area (Å²) in [5, 5.41) is 2.73. The van der Waals surface area contributed by atoms with Crippen molar-refractivity contribution in [3.05, 3.63) is 0 Å². The smallest absolute Gasteiger partial charge is 0.234 e. The minimum Gasteiger partial charge on any atom is -0.354 e. The molecule has 9 heteroatoms. The number of carbonyl (C=O) groups is 1. The van der Waals surface area contributed by atoms with Crippen molar-refractivity contribution in [2.45, 2.75) is 78.1 Å². The Bertz CT molecular complexity index is 574. The highest BCUT2D eigenvalue weighted by atomic mass is 16.2. The molecule has 0 bridgehead atoms. The maximum Gasteiger partial charge on any atom is 0.234 e. The van der Waals surface area contributed by atoms with Crippen LogP contribution in [0.5, 0.6) is 0 Å². The number of rotatable bonds is 0. The molecule has 0 aromatic heterocycles. The number of likely N-dealkylation sites (tertiary alicyclic amines) is 4. The van der Waals surface area contributed by atoms with Gasteiger partial charge < -0.3 is 34.7 Å². The number of piperidine rings is 3. The molecule has 264 valence electrons. The van der Waals surface area contributed by atoms with Crippen molar-refractivity contribution >= 4 is 5.91 Å². The number of nitrogens with zero attached hydrogens (tertiary/aromatic N) is 7. The zero-order chi connectivity index (χ0) is 31.7. The van der Waals surface area contributed by atoms with E-state index in [2.05, 4.69) is 77.0 Å². The summed E-state index contributed by atoms with van der Waals surface area (Å²) >= 11 is 0. The van der Waals surface area contributed by atoms with Crippen molar-refractivity contribution in [3.8, 4) is 0 Å². The molecule has 6 saturated heterocycles. The van der Waals surface area contributed by atoms with Gasteiger partial charge in [-0.2, -0.15) is 0 Å². The number of likely N-dealkylation sites (N-methyl/N-ethyl adjacent to an activating group) is 3. The van der Waals surface area contributed by atoms with Crippen molar-refractivity contribution in [2.75, 3.05) is 148 Å². The van der Waals surface area contributed by atoms with E-state index in [4.69, 9.17) is 0 Å². The summed E-state index contributed by atoms with van der Waals surface area (Å²) in [5.41, 5.74) is 0. The summed E-state index contributed by atoms with van der Waals surface area (Å²) in [4.78, 5) is 26.8. The Morgan fingerprint density at radius 2 is 0.614 bits per heavy atom. The molecule has 0 aliphatic carbocycles.